The van der Waals surface area contributed by atoms with Crippen molar-refractivity contribution < 1.29 is 0 Å². The molecule has 5 heteroatoms. The number of halogens is 1. The van der Waals surface area contributed by atoms with Crippen LogP contribution in [0.25, 0.3) is 5.65 Å². The first-order chi connectivity index (χ1) is 6.75. The smallest absolute Gasteiger partial charge is 0.178 e. The third kappa shape index (κ3) is 1.07. The molecule has 0 unspecified atom stereocenters. The van der Waals surface area contributed by atoms with Gasteiger partial charge in [-0.3, -0.25) is 0 Å². The second kappa shape index (κ2) is 2.60. The van der Waals surface area contributed by atoms with Gasteiger partial charge in [-0.15, -0.1) is 0 Å². The molecule has 4 nitrogen and oxygen atoms in total. The lowest BCUT2D eigenvalue weighted by atomic mass is 10.2. The molecule has 2 N–H and O–H groups in total. The highest BCUT2D eigenvalue weighted by Gasteiger charge is 2.29. The molecule has 0 radical (unpaired) electrons. The number of hydrogen-bond donors (Lipinski definition) is 1. The molecule has 1 fully saturated rings. The summed E-state index contributed by atoms with van der Waals surface area (Å²) >= 11 is 5.81. The van der Waals surface area contributed by atoms with E-state index >= 15 is 0 Å². The highest BCUT2D eigenvalue weighted by Crippen LogP contribution is 2.42. The molecule has 0 bridgehead atoms. The number of aromatic nitrogens is 3. The molecule has 2 aromatic rings. The molecule has 1 saturated carbocycles. The average molecular weight is 209 g/mol. The van der Waals surface area contributed by atoms with Crippen LogP contribution in [0.2, 0.25) is 5.02 Å². The molecule has 0 aliphatic heterocycles. The molecule has 1 aliphatic carbocycles. The van der Waals surface area contributed by atoms with E-state index in [1.54, 1.807) is 16.9 Å². The van der Waals surface area contributed by atoms with Crippen molar-refractivity contribution in [3.8, 4) is 0 Å². The van der Waals surface area contributed by atoms with E-state index < -0.39 is 0 Å². The number of rotatable bonds is 1. The summed E-state index contributed by atoms with van der Waals surface area (Å²) in [5, 5.41) is 4.95. The van der Waals surface area contributed by atoms with Gasteiger partial charge in [0.1, 0.15) is 5.69 Å². The van der Waals surface area contributed by atoms with Crippen molar-refractivity contribution in [2.75, 3.05) is 5.73 Å². The molecular weight excluding hydrogens is 200 g/mol. The van der Waals surface area contributed by atoms with Crippen LogP contribution in [0.5, 0.6) is 0 Å². The highest BCUT2D eigenvalue weighted by molar-refractivity contribution is 6.30. The summed E-state index contributed by atoms with van der Waals surface area (Å²) in [6.07, 6.45) is 5.68. The first-order valence-electron chi connectivity index (χ1n) is 4.55. The van der Waals surface area contributed by atoms with Gasteiger partial charge in [-0.2, -0.15) is 5.10 Å². The lowest BCUT2D eigenvalue weighted by Crippen LogP contribution is -1.90. The molecule has 3 rings (SSSR count). The van der Waals surface area contributed by atoms with Crippen LogP contribution in [0.1, 0.15) is 24.5 Å². The average Bonchev–Trinajstić information content (AvgIpc) is 2.93. The Kier molecular flexibility index (Phi) is 1.50. The maximum absolute atomic E-state index is 5.94. The van der Waals surface area contributed by atoms with Crippen LogP contribution in [0.3, 0.4) is 0 Å². The van der Waals surface area contributed by atoms with E-state index in [0.29, 0.717) is 22.3 Å². The zero-order chi connectivity index (χ0) is 9.71. The van der Waals surface area contributed by atoms with Crippen molar-refractivity contribution in [2.24, 2.45) is 0 Å². The highest BCUT2D eigenvalue weighted by atomic mass is 35.5. The second-order valence-electron chi connectivity index (χ2n) is 3.61. The van der Waals surface area contributed by atoms with Crippen LogP contribution in [0.15, 0.2) is 12.4 Å². The first-order valence-corrected chi connectivity index (χ1v) is 4.93. The van der Waals surface area contributed by atoms with Crippen molar-refractivity contribution in [1.82, 2.24) is 14.6 Å². The van der Waals surface area contributed by atoms with Gasteiger partial charge < -0.3 is 5.73 Å². The zero-order valence-corrected chi connectivity index (χ0v) is 8.20. The minimum absolute atomic E-state index is 0.537. The maximum atomic E-state index is 5.94. The molecule has 0 aromatic carbocycles. The van der Waals surface area contributed by atoms with Gasteiger partial charge in [-0.05, 0) is 12.8 Å². The van der Waals surface area contributed by atoms with Crippen LogP contribution in [-0.4, -0.2) is 14.6 Å². The van der Waals surface area contributed by atoms with Gasteiger partial charge in [0.15, 0.2) is 5.65 Å². The Morgan fingerprint density at radius 2 is 2.29 bits per heavy atom. The predicted molar refractivity (Wildman–Crippen MR) is 54.4 cm³/mol. The first kappa shape index (κ1) is 8.05. The number of nitrogens with zero attached hydrogens (tertiary/aromatic N) is 3. The predicted octanol–water partition coefficient (Wildman–Crippen LogP) is 1.84. The van der Waals surface area contributed by atoms with Crippen molar-refractivity contribution in [3.05, 3.63) is 23.1 Å². The number of nitrogens with two attached hydrogens (primary N) is 1. The third-order valence-electron chi connectivity index (χ3n) is 2.47. The van der Waals surface area contributed by atoms with Crippen LogP contribution in [0, 0.1) is 0 Å². The van der Waals surface area contributed by atoms with Crippen LogP contribution >= 0.6 is 11.6 Å². The van der Waals surface area contributed by atoms with E-state index in [1.165, 1.54) is 12.8 Å². The Bertz CT molecular complexity index is 501. The van der Waals surface area contributed by atoms with E-state index in [4.69, 9.17) is 17.3 Å². The Labute approximate surface area is 85.7 Å². The van der Waals surface area contributed by atoms with E-state index in [1.807, 2.05) is 0 Å². The topological polar surface area (TPSA) is 56.2 Å². The van der Waals surface area contributed by atoms with E-state index in [0.717, 1.165) is 5.69 Å². The van der Waals surface area contributed by atoms with Crippen molar-refractivity contribution in [1.29, 1.82) is 0 Å². The standard InChI is InChI=1S/C9H9ClN4/c10-6-3-12-9-7(11)8(5-1-2-5)13-14(9)4-6/h3-5H,1-2,11H2. The summed E-state index contributed by atoms with van der Waals surface area (Å²) in [5.41, 5.74) is 8.32. The lowest BCUT2D eigenvalue weighted by Gasteiger charge is -1.92. The quantitative estimate of drug-likeness (QED) is 0.778. The summed E-state index contributed by atoms with van der Waals surface area (Å²) in [6.45, 7) is 0. The molecule has 72 valence electrons. The van der Waals surface area contributed by atoms with Crippen molar-refractivity contribution >= 4 is 22.9 Å². The molecule has 2 heterocycles. The van der Waals surface area contributed by atoms with Gasteiger partial charge >= 0.3 is 0 Å². The van der Waals surface area contributed by atoms with Gasteiger partial charge in [0.05, 0.1) is 16.9 Å². The normalized spacial score (nSPS) is 16.4. The molecular formula is C9H9ClN4. The van der Waals surface area contributed by atoms with Gasteiger partial charge in [0, 0.05) is 12.1 Å². The van der Waals surface area contributed by atoms with E-state index in [-0.39, 0.29) is 0 Å². The number of nitrogen functional groups attached to an aromatic ring is 1. The van der Waals surface area contributed by atoms with E-state index in [2.05, 4.69) is 10.1 Å². The Balaban J connectivity index is 2.28. The SMILES string of the molecule is Nc1c(C2CC2)nn2cc(Cl)cnc12. The van der Waals surface area contributed by atoms with Crippen molar-refractivity contribution in [2.45, 2.75) is 18.8 Å². The number of anilines is 1. The molecule has 2 aromatic heterocycles. The maximum Gasteiger partial charge on any atom is 0.178 e. The molecule has 1 aliphatic rings. The summed E-state index contributed by atoms with van der Waals surface area (Å²) in [6, 6.07) is 0. The van der Waals surface area contributed by atoms with Crippen LogP contribution in [0.4, 0.5) is 5.69 Å². The van der Waals surface area contributed by atoms with Gasteiger partial charge in [-0.25, -0.2) is 9.50 Å². The molecule has 0 atom stereocenters. The summed E-state index contributed by atoms with van der Waals surface area (Å²) in [4.78, 5) is 4.15. The zero-order valence-electron chi connectivity index (χ0n) is 7.44. The fraction of sp³-hybridized carbons (Fsp3) is 0.333. The molecule has 0 saturated heterocycles. The van der Waals surface area contributed by atoms with Crippen LogP contribution in [-0.2, 0) is 0 Å². The summed E-state index contributed by atoms with van der Waals surface area (Å²) in [5.74, 6) is 0.537. The Morgan fingerprint density at radius 1 is 1.50 bits per heavy atom. The Morgan fingerprint density at radius 3 is 3.00 bits per heavy atom. The molecule has 0 spiro atoms. The molecule has 0 amide bonds. The fourth-order valence-corrected chi connectivity index (χ4v) is 1.75. The summed E-state index contributed by atoms with van der Waals surface area (Å²) < 4.78 is 1.66. The van der Waals surface area contributed by atoms with Gasteiger partial charge in [0.2, 0.25) is 0 Å². The number of hydrogen-bond acceptors (Lipinski definition) is 3. The van der Waals surface area contributed by atoms with E-state index in [9.17, 15) is 0 Å². The minimum Gasteiger partial charge on any atom is -0.394 e. The lowest BCUT2D eigenvalue weighted by molar-refractivity contribution is 0.882. The second-order valence-corrected chi connectivity index (χ2v) is 4.05. The monoisotopic (exact) mass is 208 g/mol. The van der Waals surface area contributed by atoms with Crippen molar-refractivity contribution in [3.63, 3.8) is 0 Å². The fourth-order valence-electron chi connectivity index (χ4n) is 1.61. The summed E-state index contributed by atoms with van der Waals surface area (Å²) in [7, 11) is 0. The minimum atomic E-state index is 0.537. The van der Waals surface area contributed by atoms with Crippen LogP contribution < -0.4 is 5.73 Å². The largest absolute Gasteiger partial charge is 0.394 e. The van der Waals surface area contributed by atoms with Gasteiger partial charge in [-0.1, -0.05) is 11.6 Å². The van der Waals surface area contributed by atoms with Gasteiger partial charge in [0.25, 0.3) is 0 Å². The molecule has 14 heavy (non-hydrogen) atoms. The third-order valence-corrected chi connectivity index (χ3v) is 2.66. The Hall–Kier alpha value is -1.29. The number of fused-ring (bicyclic) bond motifs is 1.